The molecule has 1 aromatic rings. The van der Waals surface area contributed by atoms with Crippen LogP contribution in [0.25, 0.3) is 0 Å². The summed E-state index contributed by atoms with van der Waals surface area (Å²) in [5.41, 5.74) is 0.508. The van der Waals surface area contributed by atoms with Crippen molar-refractivity contribution < 1.29 is 24.9 Å². The van der Waals surface area contributed by atoms with E-state index in [-0.39, 0.29) is 24.1 Å². The van der Waals surface area contributed by atoms with E-state index in [9.17, 15) is 20.1 Å². The molecule has 1 heterocycles. The Morgan fingerprint density at radius 1 is 1.47 bits per heavy atom. The third-order valence-corrected chi connectivity index (χ3v) is 3.41. The molecule has 0 aromatic heterocycles. The Kier molecular flexibility index (Phi) is 3.92. The van der Waals surface area contributed by atoms with E-state index in [1.54, 1.807) is 11.8 Å². The summed E-state index contributed by atoms with van der Waals surface area (Å²) < 4.78 is 5.18. The minimum Gasteiger partial charge on any atom is -0.508 e. The second-order valence-corrected chi connectivity index (χ2v) is 4.59. The Morgan fingerprint density at radius 2 is 2.21 bits per heavy atom. The van der Waals surface area contributed by atoms with Crippen molar-refractivity contribution in [3.63, 3.8) is 0 Å². The number of nitrogens with zero attached hydrogens (tertiary/aromatic N) is 1. The zero-order chi connectivity index (χ0) is 14.0. The molecule has 2 rings (SSSR count). The number of benzene rings is 1. The number of carbonyl (C=O) groups is 1. The number of phenolic OH excluding ortho intramolecular Hbond substituents is 2. The van der Waals surface area contributed by atoms with Crippen LogP contribution in [-0.4, -0.2) is 52.0 Å². The highest BCUT2D eigenvalue weighted by Crippen LogP contribution is 2.33. The molecule has 0 aliphatic carbocycles. The fourth-order valence-corrected chi connectivity index (χ4v) is 2.35. The summed E-state index contributed by atoms with van der Waals surface area (Å²) in [6, 6.07) is 3.17. The number of carboxylic acid groups (broad SMARTS) is 1. The van der Waals surface area contributed by atoms with Crippen LogP contribution in [0.15, 0.2) is 18.2 Å². The van der Waals surface area contributed by atoms with Gasteiger partial charge >= 0.3 is 5.97 Å². The minimum absolute atomic E-state index is 0.0415. The summed E-state index contributed by atoms with van der Waals surface area (Å²) in [6.45, 7) is 2.84. The third kappa shape index (κ3) is 2.80. The Hall–Kier alpha value is -1.79. The summed E-state index contributed by atoms with van der Waals surface area (Å²) in [4.78, 5) is 13.0. The maximum atomic E-state index is 11.2. The van der Waals surface area contributed by atoms with Gasteiger partial charge in [0.05, 0.1) is 13.2 Å². The molecule has 0 saturated carbocycles. The second-order valence-electron chi connectivity index (χ2n) is 4.59. The van der Waals surface area contributed by atoms with Crippen molar-refractivity contribution in [3.05, 3.63) is 23.8 Å². The molecule has 2 unspecified atom stereocenters. The molecular weight excluding hydrogens is 250 g/mol. The van der Waals surface area contributed by atoms with Crippen LogP contribution < -0.4 is 0 Å². The topological polar surface area (TPSA) is 90.2 Å². The molecule has 0 amide bonds. The van der Waals surface area contributed by atoms with Crippen LogP contribution in [0.4, 0.5) is 0 Å². The lowest BCUT2D eigenvalue weighted by atomic mass is 10.0. The number of morpholine rings is 1. The van der Waals surface area contributed by atoms with Gasteiger partial charge in [0.15, 0.2) is 0 Å². The van der Waals surface area contributed by atoms with Gasteiger partial charge in [-0.1, -0.05) is 0 Å². The summed E-state index contributed by atoms with van der Waals surface area (Å²) in [7, 11) is 0. The third-order valence-electron chi connectivity index (χ3n) is 3.41. The van der Waals surface area contributed by atoms with E-state index < -0.39 is 12.0 Å². The Labute approximate surface area is 110 Å². The van der Waals surface area contributed by atoms with Crippen LogP contribution in [0.2, 0.25) is 0 Å². The highest BCUT2D eigenvalue weighted by molar-refractivity contribution is 5.73. The van der Waals surface area contributed by atoms with Crippen molar-refractivity contribution in [2.75, 3.05) is 19.8 Å². The normalized spacial score (nSPS) is 22.1. The number of carboxylic acids is 1. The van der Waals surface area contributed by atoms with E-state index in [1.807, 2.05) is 0 Å². The summed E-state index contributed by atoms with van der Waals surface area (Å²) >= 11 is 0. The SMILES string of the molecule is CC(c1cc(O)ccc1O)N1CCOCC1C(=O)O. The van der Waals surface area contributed by atoms with Crippen molar-refractivity contribution in [2.45, 2.75) is 19.0 Å². The largest absolute Gasteiger partial charge is 0.508 e. The lowest BCUT2D eigenvalue weighted by molar-refractivity contribution is -0.151. The van der Waals surface area contributed by atoms with E-state index in [0.717, 1.165) is 0 Å². The van der Waals surface area contributed by atoms with E-state index >= 15 is 0 Å². The van der Waals surface area contributed by atoms with E-state index in [4.69, 9.17) is 4.74 Å². The quantitative estimate of drug-likeness (QED) is 0.706. The van der Waals surface area contributed by atoms with E-state index in [2.05, 4.69) is 0 Å². The van der Waals surface area contributed by atoms with Crippen molar-refractivity contribution in [2.24, 2.45) is 0 Å². The maximum absolute atomic E-state index is 11.2. The van der Waals surface area contributed by atoms with Crippen molar-refractivity contribution in [1.82, 2.24) is 4.90 Å². The molecule has 1 aromatic carbocycles. The first-order valence-corrected chi connectivity index (χ1v) is 6.09. The molecular formula is C13H17NO5. The standard InChI is InChI=1S/C13H17NO5/c1-8(10-6-9(15)2-3-12(10)16)14-4-5-19-7-11(14)13(17)18/h2-3,6,8,11,15-16H,4-5,7H2,1H3,(H,17,18). The molecule has 1 fully saturated rings. The molecule has 0 bridgehead atoms. The average molecular weight is 267 g/mol. The molecule has 6 heteroatoms. The zero-order valence-corrected chi connectivity index (χ0v) is 10.6. The Morgan fingerprint density at radius 3 is 2.89 bits per heavy atom. The number of rotatable bonds is 3. The highest BCUT2D eigenvalue weighted by atomic mass is 16.5. The van der Waals surface area contributed by atoms with Gasteiger partial charge in [-0.25, -0.2) is 0 Å². The van der Waals surface area contributed by atoms with Gasteiger partial charge in [0.25, 0.3) is 0 Å². The van der Waals surface area contributed by atoms with Crippen LogP contribution >= 0.6 is 0 Å². The molecule has 6 nitrogen and oxygen atoms in total. The number of aromatic hydroxyl groups is 2. The molecule has 104 valence electrons. The maximum Gasteiger partial charge on any atom is 0.323 e. The fraction of sp³-hybridized carbons (Fsp3) is 0.462. The van der Waals surface area contributed by atoms with E-state index in [1.165, 1.54) is 18.2 Å². The Bertz CT molecular complexity index is 476. The van der Waals surface area contributed by atoms with Crippen LogP contribution in [-0.2, 0) is 9.53 Å². The van der Waals surface area contributed by atoms with Crippen LogP contribution in [0, 0.1) is 0 Å². The lowest BCUT2D eigenvalue weighted by Gasteiger charge is -2.37. The zero-order valence-electron chi connectivity index (χ0n) is 10.6. The lowest BCUT2D eigenvalue weighted by Crippen LogP contribution is -2.50. The number of aliphatic carboxylic acids is 1. The monoisotopic (exact) mass is 267 g/mol. The van der Waals surface area contributed by atoms with Gasteiger partial charge < -0.3 is 20.1 Å². The predicted molar refractivity (Wildman–Crippen MR) is 67.1 cm³/mol. The van der Waals surface area contributed by atoms with Gasteiger partial charge in [0, 0.05) is 18.2 Å². The number of hydrogen-bond acceptors (Lipinski definition) is 5. The number of hydrogen-bond donors (Lipinski definition) is 3. The van der Waals surface area contributed by atoms with Gasteiger partial charge in [0.1, 0.15) is 17.5 Å². The molecule has 1 saturated heterocycles. The average Bonchev–Trinajstić information content (AvgIpc) is 2.40. The van der Waals surface area contributed by atoms with Crippen molar-refractivity contribution in [3.8, 4) is 11.5 Å². The molecule has 0 spiro atoms. The van der Waals surface area contributed by atoms with Gasteiger partial charge in [-0.05, 0) is 25.1 Å². The molecule has 2 atom stereocenters. The van der Waals surface area contributed by atoms with E-state index in [0.29, 0.717) is 18.7 Å². The van der Waals surface area contributed by atoms with Crippen LogP contribution in [0.5, 0.6) is 11.5 Å². The predicted octanol–water partition coefficient (Wildman–Crippen LogP) is 0.944. The fourth-order valence-electron chi connectivity index (χ4n) is 2.35. The van der Waals surface area contributed by atoms with Gasteiger partial charge in [-0.15, -0.1) is 0 Å². The summed E-state index contributed by atoms with van der Waals surface area (Å²) in [5, 5.41) is 28.5. The summed E-state index contributed by atoms with van der Waals surface area (Å²) in [6.07, 6.45) is 0. The molecule has 0 radical (unpaired) electrons. The summed E-state index contributed by atoms with van der Waals surface area (Å²) in [5.74, 6) is -0.869. The van der Waals surface area contributed by atoms with Crippen molar-refractivity contribution >= 4 is 5.97 Å². The highest BCUT2D eigenvalue weighted by Gasteiger charge is 2.33. The number of ether oxygens (including phenoxy) is 1. The van der Waals surface area contributed by atoms with Crippen LogP contribution in [0.3, 0.4) is 0 Å². The van der Waals surface area contributed by atoms with Crippen molar-refractivity contribution in [1.29, 1.82) is 0 Å². The van der Waals surface area contributed by atoms with Gasteiger partial charge in [0.2, 0.25) is 0 Å². The molecule has 19 heavy (non-hydrogen) atoms. The minimum atomic E-state index is -0.953. The van der Waals surface area contributed by atoms with Crippen LogP contribution in [0.1, 0.15) is 18.5 Å². The first-order valence-electron chi connectivity index (χ1n) is 6.09. The number of phenols is 2. The van der Waals surface area contributed by atoms with Gasteiger partial charge in [-0.3, -0.25) is 9.69 Å². The Balaban J connectivity index is 2.28. The first-order chi connectivity index (χ1) is 9.00. The smallest absolute Gasteiger partial charge is 0.323 e. The molecule has 1 aliphatic rings. The molecule has 3 N–H and O–H groups in total. The molecule has 1 aliphatic heterocycles. The second kappa shape index (κ2) is 5.46. The van der Waals surface area contributed by atoms with Gasteiger partial charge in [-0.2, -0.15) is 0 Å². The first kappa shape index (κ1) is 13.6.